The lowest BCUT2D eigenvalue weighted by Gasteiger charge is -2.38. The number of likely N-dealkylation sites (tertiary alicyclic amines) is 1. The third kappa shape index (κ3) is 6.13. The summed E-state index contributed by atoms with van der Waals surface area (Å²) in [5.41, 5.74) is 0. The number of nitrogens with zero attached hydrogens (tertiary/aromatic N) is 4. The van der Waals surface area contributed by atoms with Gasteiger partial charge in [-0.15, -0.1) is 11.8 Å². The van der Waals surface area contributed by atoms with E-state index in [9.17, 15) is 0 Å². The Labute approximate surface area is 175 Å². The molecule has 6 heteroatoms. The summed E-state index contributed by atoms with van der Waals surface area (Å²) < 4.78 is 0. The lowest BCUT2D eigenvalue weighted by atomic mass is 10.2. The van der Waals surface area contributed by atoms with E-state index in [0.717, 1.165) is 31.5 Å². The Balaban J connectivity index is 1.39. The van der Waals surface area contributed by atoms with Crippen molar-refractivity contribution in [3.8, 4) is 0 Å². The maximum absolute atomic E-state index is 4.56. The van der Waals surface area contributed by atoms with E-state index in [0.29, 0.717) is 6.04 Å². The van der Waals surface area contributed by atoms with Crippen molar-refractivity contribution in [2.24, 2.45) is 10.9 Å². The van der Waals surface area contributed by atoms with Crippen LogP contribution in [0.4, 0.5) is 0 Å². The first-order valence-electron chi connectivity index (χ1n) is 10.8. The summed E-state index contributed by atoms with van der Waals surface area (Å²) in [6, 6.07) is 11.3. The maximum Gasteiger partial charge on any atom is 0.193 e. The number of hydrogen-bond acceptors (Lipinski definition) is 4. The molecule has 2 heterocycles. The van der Waals surface area contributed by atoms with Crippen LogP contribution >= 0.6 is 11.8 Å². The van der Waals surface area contributed by atoms with Gasteiger partial charge in [-0.05, 0) is 37.9 Å². The molecule has 0 aromatic heterocycles. The van der Waals surface area contributed by atoms with Gasteiger partial charge in [-0.3, -0.25) is 9.89 Å². The molecular formula is C22H37N5S. The molecule has 5 nitrogen and oxygen atoms in total. The second-order valence-electron chi connectivity index (χ2n) is 7.97. The summed E-state index contributed by atoms with van der Waals surface area (Å²) in [5.74, 6) is 3.00. The highest BCUT2D eigenvalue weighted by molar-refractivity contribution is 7.99. The molecule has 156 valence electrons. The van der Waals surface area contributed by atoms with Gasteiger partial charge in [-0.1, -0.05) is 25.1 Å². The molecule has 0 bridgehead atoms. The zero-order valence-corrected chi connectivity index (χ0v) is 18.6. The molecule has 3 rings (SSSR count). The van der Waals surface area contributed by atoms with Crippen molar-refractivity contribution in [2.75, 3.05) is 65.2 Å². The number of aliphatic imine (C=N–C) groups is 1. The van der Waals surface area contributed by atoms with E-state index in [4.69, 9.17) is 0 Å². The Hall–Kier alpha value is -1.24. The van der Waals surface area contributed by atoms with Crippen LogP contribution in [0.5, 0.6) is 0 Å². The molecule has 1 N–H and O–H groups in total. The molecule has 2 atom stereocenters. The molecular weight excluding hydrogens is 366 g/mol. The topological polar surface area (TPSA) is 34.1 Å². The predicted molar refractivity (Wildman–Crippen MR) is 121 cm³/mol. The van der Waals surface area contributed by atoms with Gasteiger partial charge in [0.15, 0.2) is 5.96 Å². The van der Waals surface area contributed by atoms with Crippen molar-refractivity contribution >= 4 is 17.7 Å². The Morgan fingerprint density at radius 1 is 1.18 bits per heavy atom. The zero-order chi connectivity index (χ0) is 19.8. The fraction of sp³-hybridized carbons (Fsp3) is 0.682. The molecule has 0 spiro atoms. The van der Waals surface area contributed by atoms with Crippen molar-refractivity contribution in [3.05, 3.63) is 30.3 Å². The highest BCUT2D eigenvalue weighted by Gasteiger charge is 2.26. The van der Waals surface area contributed by atoms with Gasteiger partial charge < -0.3 is 15.1 Å². The number of benzene rings is 1. The van der Waals surface area contributed by atoms with E-state index in [1.54, 1.807) is 0 Å². The standard InChI is InChI=1S/C22H37N5S/c1-4-25-12-14-26(15-13-25)19(2)16-24-22(23-3)27-11-10-20(17-27)18-28-21-8-6-5-7-9-21/h5-9,19-20H,4,10-18H2,1-3H3,(H,23,24). The van der Waals surface area contributed by atoms with E-state index >= 15 is 0 Å². The van der Waals surface area contributed by atoms with Crippen molar-refractivity contribution in [3.63, 3.8) is 0 Å². The summed E-state index contributed by atoms with van der Waals surface area (Å²) in [6.45, 7) is 13.7. The summed E-state index contributed by atoms with van der Waals surface area (Å²) >= 11 is 1.98. The van der Waals surface area contributed by atoms with Crippen LogP contribution in [-0.2, 0) is 0 Å². The van der Waals surface area contributed by atoms with Crippen LogP contribution < -0.4 is 5.32 Å². The van der Waals surface area contributed by atoms with Gasteiger partial charge in [0, 0.05) is 69.6 Å². The summed E-state index contributed by atoms with van der Waals surface area (Å²) in [7, 11) is 1.92. The van der Waals surface area contributed by atoms with Gasteiger partial charge in [0.2, 0.25) is 0 Å². The van der Waals surface area contributed by atoms with E-state index in [1.165, 1.54) is 49.8 Å². The first kappa shape index (κ1) is 21.5. The molecule has 1 aromatic rings. The van der Waals surface area contributed by atoms with Crippen LogP contribution in [0.3, 0.4) is 0 Å². The highest BCUT2D eigenvalue weighted by atomic mass is 32.2. The van der Waals surface area contributed by atoms with E-state index in [2.05, 4.69) is 69.2 Å². The van der Waals surface area contributed by atoms with Gasteiger partial charge in [-0.25, -0.2) is 0 Å². The number of hydrogen-bond donors (Lipinski definition) is 1. The number of guanidine groups is 1. The van der Waals surface area contributed by atoms with Gasteiger partial charge in [-0.2, -0.15) is 0 Å². The van der Waals surface area contributed by atoms with Crippen LogP contribution in [0, 0.1) is 5.92 Å². The second-order valence-corrected chi connectivity index (χ2v) is 9.07. The van der Waals surface area contributed by atoms with Crippen LogP contribution in [0.1, 0.15) is 20.3 Å². The van der Waals surface area contributed by atoms with Crippen molar-refractivity contribution < 1.29 is 0 Å². The summed E-state index contributed by atoms with van der Waals surface area (Å²) in [6.07, 6.45) is 1.26. The fourth-order valence-corrected chi connectivity index (χ4v) is 5.16. The number of thioether (sulfide) groups is 1. The van der Waals surface area contributed by atoms with Crippen LogP contribution in [0.2, 0.25) is 0 Å². The molecule has 0 saturated carbocycles. The van der Waals surface area contributed by atoms with Crippen molar-refractivity contribution in [2.45, 2.75) is 31.2 Å². The minimum atomic E-state index is 0.544. The minimum Gasteiger partial charge on any atom is -0.355 e. The fourth-order valence-electron chi connectivity index (χ4n) is 4.11. The summed E-state index contributed by atoms with van der Waals surface area (Å²) in [5, 5.41) is 3.64. The third-order valence-electron chi connectivity index (χ3n) is 6.06. The Morgan fingerprint density at radius 3 is 2.61 bits per heavy atom. The van der Waals surface area contributed by atoms with Gasteiger partial charge >= 0.3 is 0 Å². The normalized spacial score (nSPS) is 23.2. The van der Waals surface area contributed by atoms with E-state index < -0.39 is 0 Å². The number of nitrogens with one attached hydrogen (secondary N) is 1. The summed E-state index contributed by atoms with van der Waals surface area (Å²) in [4.78, 5) is 13.5. The minimum absolute atomic E-state index is 0.544. The first-order chi connectivity index (χ1) is 13.7. The molecule has 2 fully saturated rings. The number of piperazine rings is 1. The lowest BCUT2D eigenvalue weighted by Crippen LogP contribution is -2.53. The molecule has 2 aliphatic heterocycles. The van der Waals surface area contributed by atoms with Gasteiger partial charge in [0.05, 0.1) is 0 Å². The zero-order valence-electron chi connectivity index (χ0n) is 17.8. The van der Waals surface area contributed by atoms with E-state index in [-0.39, 0.29) is 0 Å². The van der Waals surface area contributed by atoms with Crippen molar-refractivity contribution in [1.29, 1.82) is 0 Å². The largest absolute Gasteiger partial charge is 0.355 e. The molecule has 1 aromatic carbocycles. The Bertz CT molecular complexity index is 600. The van der Waals surface area contributed by atoms with Gasteiger partial charge in [0.25, 0.3) is 0 Å². The lowest BCUT2D eigenvalue weighted by molar-refractivity contribution is 0.107. The Morgan fingerprint density at radius 2 is 1.93 bits per heavy atom. The first-order valence-corrected chi connectivity index (χ1v) is 11.8. The van der Waals surface area contributed by atoms with Crippen LogP contribution in [0.15, 0.2) is 40.2 Å². The second kappa shape index (κ2) is 11.1. The smallest absolute Gasteiger partial charge is 0.193 e. The quantitative estimate of drug-likeness (QED) is 0.430. The average Bonchev–Trinajstić information content (AvgIpc) is 3.22. The monoisotopic (exact) mass is 403 g/mol. The average molecular weight is 404 g/mol. The molecule has 2 saturated heterocycles. The predicted octanol–water partition coefficient (Wildman–Crippen LogP) is 2.70. The molecule has 0 aliphatic carbocycles. The van der Waals surface area contributed by atoms with Crippen LogP contribution in [0.25, 0.3) is 0 Å². The third-order valence-corrected chi connectivity index (χ3v) is 7.30. The molecule has 2 unspecified atom stereocenters. The van der Waals surface area contributed by atoms with Crippen molar-refractivity contribution in [1.82, 2.24) is 20.0 Å². The maximum atomic E-state index is 4.56. The molecule has 2 aliphatic rings. The van der Waals surface area contributed by atoms with Gasteiger partial charge in [0.1, 0.15) is 0 Å². The van der Waals surface area contributed by atoms with Crippen LogP contribution in [-0.4, -0.2) is 91.9 Å². The number of rotatable bonds is 7. The SMILES string of the molecule is CCN1CCN(C(C)CNC(=NC)N2CCC(CSc3ccccc3)C2)CC1. The highest BCUT2D eigenvalue weighted by Crippen LogP contribution is 2.25. The Kier molecular flexibility index (Phi) is 8.49. The molecule has 0 radical (unpaired) electrons. The molecule has 28 heavy (non-hydrogen) atoms. The number of likely N-dealkylation sites (N-methyl/N-ethyl adjacent to an activating group) is 1. The van der Waals surface area contributed by atoms with E-state index in [1.807, 2.05) is 18.8 Å². The molecule has 0 amide bonds.